The normalized spacial score (nSPS) is 11.2. The molecule has 0 amide bonds. The minimum Gasteiger partial charge on any atom is -0.391 e. The molecule has 1 heterocycles. The molecule has 3 nitrogen and oxygen atoms in total. The van der Waals surface area contributed by atoms with Crippen molar-refractivity contribution in [2.75, 3.05) is 0 Å². The molecule has 0 saturated carbocycles. The zero-order valence-electron chi connectivity index (χ0n) is 6.97. The van der Waals surface area contributed by atoms with E-state index in [9.17, 15) is 8.78 Å². The maximum absolute atomic E-state index is 12.3. The molecule has 1 rings (SSSR count). The molecule has 0 unspecified atom stereocenters. The van der Waals surface area contributed by atoms with Gasteiger partial charge in [0.1, 0.15) is 10.8 Å². The number of alkyl halides is 2. The van der Waals surface area contributed by atoms with Crippen molar-refractivity contribution in [3.05, 3.63) is 16.4 Å². The average Bonchev–Trinajstić information content (AvgIpc) is 2.42. The van der Waals surface area contributed by atoms with Crippen LogP contribution in [0.5, 0.6) is 0 Å². The Morgan fingerprint density at radius 1 is 1.62 bits per heavy atom. The van der Waals surface area contributed by atoms with E-state index in [2.05, 4.69) is 5.10 Å². The van der Waals surface area contributed by atoms with Gasteiger partial charge in [0, 0.05) is 12.1 Å². The standard InChI is InChI=1S/C7H9ClF2N2O/c1-2-12-6(8)4(3-13)5(11-12)7(9)10/h7,13H,2-3H2,1H3. The zero-order valence-corrected chi connectivity index (χ0v) is 7.72. The molecule has 0 aliphatic rings. The maximum Gasteiger partial charge on any atom is 0.282 e. The maximum atomic E-state index is 12.3. The molecule has 6 heteroatoms. The summed E-state index contributed by atoms with van der Waals surface area (Å²) < 4.78 is 25.8. The van der Waals surface area contributed by atoms with Gasteiger partial charge in [-0.1, -0.05) is 11.6 Å². The van der Waals surface area contributed by atoms with Gasteiger partial charge in [-0.25, -0.2) is 8.78 Å². The van der Waals surface area contributed by atoms with Gasteiger partial charge in [-0.15, -0.1) is 0 Å². The Balaban J connectivity index is 3.19. The van der Waals surface area contributed by atoms with Crippen molar-refractivity contribution in [2.24, 2.45) is 0 Å². The summed E-state index contributed by atoms with van der Waals surface area (Å²) in [7, 11) is 0. The first-order chi connectivity index (χ1) is 6.11. The van der Waals surface area contributed by atoms with Crippen LogP contribution in [0.4, 0.5) is 8.78 Å². The molecule has 0 aliphatic carbocycles. The number of rotatable bonds is 3. The molecule has 1 aromatic rings. The first-order valence-electron chi connectivity index (χ1n) is 3.75. The fraction of sp³-hybridized carbons (Fsp3) is 0.571. The van der Waals surface area contributed by atoms with Crippen LogP contribution in [-0.4, -0.2) is 14.9 Å². The van der Waals surface area contributed by atoms with Crippen LogP contribution in [0.15, 0.2) is 0 Å². The van der Waals surface area contributed by atoms with E-state index in [4.69, 9.17) is 16.7 Å². The summed E-state index contributed by atoms with van der Waals surface area (Å²) in [5, 5.41) is 12.4. The highest BCUT2D eigenvalue weighted by molar-refractivity contribution is 6.30. The molecule has 13 heavy (non-hydrogen) atoms. The smallest absolute Gasteiger partial charge is 0.282 e. The van der Waals surface area contributed by atoms with Crippen LogP contribution < -0.4 is 0 Å². The summed E-state index contributed by atoms with van der Waals surface area (Å²) in [6.45, 7) is 1.62. The monoisotopic (exact) mass is 210 g/mol. The fourth-order valence-electron chi connectivity index (χ4n) is 1.03. The summed E-state index contributed by atoms with van der Waals surface area (Å²) >= 11 is 5.68. The molecule has 0 atom stereocenters. The molecule has 0 bridgehead atoms. The molecule has 0 fully saturated rings. The Kier molecular flexibility index (Phi) is 3.22. The molecule has 74 valence electrons. The predicted molar refractivity (Wildman–Crippen MR) is 43.8 cm³/mol. The molecule has 0 saturated heterocycles. The lowest BCUT2D eigenvalue weighted by molar-refractivity contribution is 0.141. The molecule has 0 radical (unpaired) electrons. The summed E-state index contributed by atoms with van der Waals surface area (Å²) in [5.74, 6) is 0. The summed E-state index contributed by atoms with van der Waals surface area (Å²) in [4.78, 5) is 0. The van der Waals surface area contributed by atoms with E-state index < -0.39 is 18.7 Å². The Morgan fingerprint density at radius 2 is 2.23 bits per heavy atom. The van der Waals surface area contributed by atoms with Crippen LogP contribution >= 0.6 is 11.6 Å². The second-order valence-corrected chi connectivity index (χ2v) is 2.79. The van der Waals surface area contributed by atoms with Gasteiger partial charge in [0.05, 0.1) is 6.61 Å². The van der Waals surface area contributed by atoms with E-state index in [0.717, 1.165) is 0 Å². The van der Waals surface area contributed by atoms with Crippen LogP contribution in [0.25, 0.3) is 0 Å². The number of aliphatic hydroxyl groups excluding tert-OH is 1. The van der Waals surface area contributed by atoms with E-state index >= 15 is 0 Å². The van der Waals surface area contributed by atoms with E-state index in [-0.39, 0.29) is 10.7 Å². The van der Waals surface area contributed by atoms with Crippen molar-refractivity contribution < 1.29 is 13.9 Å². The number of aromatic nitrogens is 2. The lowest BCUT2D eigenvalue weighted by atomic mass is 10.3. The minimum absolute atomic E-state index is 0.0125. The van der Waals surface area contributed by atoms with Gasteiger partial charge in [-0.3, -0.25) is 4.68 Å². The van der Waals surface area contributed by atoms with Crippen LogP contribution in [0.3, 0.4) is 0 Å². The Morgan fingerprint density at radius 3 is 2.54 bits per heavy atom. The van der Waals surface area contributed by atoms with E-state index in [1.54, 1.807) is 6.92 Å². The highest BCUT2D eigenvalue weighted by atomic mass is 35.5. The summed E-state index contributed by atoms with van der Waals surface area (Å²) in [6, 6.07) is 0. The Hall–Kier alpha value is -0.680. The van der Waals surface area contributed by atoms with Crippen molar-refractivity contribution in [1.82, 2.24) is 9.78 Å². The molecular formula is C7H9ClF2N2O. The molecular weight excluding hydrogens is 202 g/mol. The predicted octanol–water partition coefficient (Wildman–Crippen LogP) is 1.99. The lowest BCUT2D eigenvalue weighted by Crippen LogP contribution is -1.97. The highest BCUT2D eigenvalue weighted by Crippen LogP contribution is 2.27. The highest BCUT2D eigenvalue weighted by Gasteiger charge is 2.21. The number of halogens is 3. The number of aliphatic hydroxyl groups is 1. The van der Waals surface area contributed by atoms with Gasteiger partial charge < -0.3 is 5.11 Å². The van der Waals surface area contributed by atoms with Crippen LogP contribution in [-0.2, 0) is 13.2 Å². The summed E-state index contributed by atoms with van der Waals surface area (Å²) in [5.41, 5.74) is -0.423. The van der Waals surface area contributed by atoms with Gasteiger partial charge in [0.2, 0.25) is 0 Å². The van der Waals surface area contributed by atoms with Gasteiger partial charge in [-0.2, -0.15) is 5.10 Å². The third kappa shape index (κ3) is 1.81. The number of hydrogen-bond donors (Lipinski definition) is 1. The van der Waals surface area contributed by atoms with Crippen LogP contribution in [0.2, 0.25) is 5.15 Å². The molecule has 0 spiro atoms. The first-order valence-corrected chi connectivity index (χ1v) is 4.13. The molecule has 0 aromatic carbocycles. The second-order valence-electron chi connectivity index (χ2n) is 2.43. The molecule has 1 aromatic heterocycles. The van der Waals surface area contributed by atoms with Crippen molar-refractivity contribution >= 4 is 11.6 Å². The van der Waals surface area contributed by atoms with Gasteiger partial charge in [0.15, 0.2) is 0 Å². The van der Waals surface area contributed by atoms with Gasteiger partial charge >= 0.3 is 0 Å². The molecule has 0 aliphatic heterocycles. The van der Waals surface area contributed by atoms with E-state index in [1.165, 1.54) is 4.68 Å². The van der Waals surface area contributed by atoms with Crippen molar-refractivity contribution in [2.45, 2.75) is 26.5 Å². The fourth-order valence-corrected chi connectivity index (χ4v) is 1.34. The van der Waals surface area contributed by atoms with Crippen LogP contribution in [0, 0.1) is 0 Å². The van der Waals surface area contributed by atoms with Crippen molar-refractivity contribution in [1.29, 1.82) is 0 Å². The summed E-state index contributed by atoms with van der Waals surface area (Å²) in [6.07, 6.45) is -2.70. The molecule has 1 N–H and O–H groups in total. The zero-order chi connectivity index (χ0) is 10.0. The van der Waals surface area contributed by atoms with E-state index in [0.29, 0.717) is 6.54 Å². The largest absolute Gasteiger partial charge is 0.391 e. The average molecular weight is 211 g/mol. The third-order valence-electron chi connectivity index (χ3n) is 1.68. The van der Waals surface area contributed by atoms with E-state index in [1.807, 2.05) is 0 Å². The topological polar surface area (TPSA) is 38.0 Å². The van der Waals surface area contributed by atoms with Gasteiger partial charge in [0.25, 0.3) is 6.43 Å². The SMILES string of the molecule is CCn1nc(C(F)F)c(CO)c1Cl. The van der Waals surface area contributed by atoms with Gasteiger partial charge in [-0.05, 0) is 6.92 Å². The number of nitrogens with zero attached hydrogens (tertiary/aromatic N) is 2. The lowest BCUT2D eigenvalue weighted by Gasteiger charge is -1.96. The quantitative estimate of drug-likeness (QED) is 0.829. The van der Waals surface area contributed by atoms with Crippen molar-refractivity contribution in [3.8, 4) is 0 Å². The number of hydrogen-bond acceptors (Lipinski definition) is 2. The Labute approximate surface area is 78.9 Å². The van der Waals surface area contributed by atoms with Crippen molar-refractivity contribution in [3.63, 3.8) is 0 Å². The van der Waals surface area contributed by atoms with Crippen LogP contribution in [0.1, 0.15) is 24.6 Å². The Bertz CT molecular complexity index is 301. The second kappa shape index (κ2) is 4.02. The first kappa shape index (κ1) is 10.4. The minimum atomic E-state index is -2.70. The third-order valence-corrected chi connectivity index (χ3v) is 2.10. The number of aryl methyl sites for hydroxylation is 1.